The maximum Gasteiger partial charge on any atom is 0.115 e. The molecule has 0 radical (unpaired) electrons. The Bertz CT molecular complexity index is 531. The van der Waals surface area contributed by atoms with Crippen LogP contribution in [0.1, 0.15) is 24.1 Å². The molecular formula is C14H15Cl2N3. The molecule has 100 valence electrons. The molecule has 2 aromatic rings. The van der Waals surface area contributed by atoms with Gasteiger partial charge in [0.2, 0.25) is 0 Å². The van der Waals surface area contributed by atoms with Crippen molar-refractivity contribution in [2.45, 2.75) is 19.4 Å². The Kier molecular flexibility index (Phi) is 5.14. The van der Waals surface area contributed by atoms with Crippen molar-refractivity contribution in [2.24, 2.45) is 0 Å². The molecule has 3 nitrogen and oxygen atoms in total. The van der Waals surface area contributed by atoms with Gasteiger partial charge in [0.25, 0.3) is 0 Å². The monoisotopic (exact) mass is 295 g/mol. The topological polar surface area (TPSA) is 37.8 Å². The van der Waals surface area contributed by atoms with Crippen LogP contribution in [0.25, 0.3) is 0 Å². The number of nitrogens with one attached hydrogen (secondary N) is 1. The van der Waals surface area contributed by atoms with Crippen LogP contribution in [0.4, 0.5) is 0 Å². The van der Waals surface area contributed by atoms with E-state index in [1.165, 1.54) is 6.33 Å². The molecule has 0 fully saturated rings. The van der Waals surface area contributed by atoms with Gasteiger partial charge in [-0.1, -0.05) is 42.3 Å². The van der Waals surface area contributed by atoms with E-state index in [-0.39, 0.29) is 6.04 Å². The molecule has 0 saturated heterocycles. The highest BCUT2D eigenvalue weighted by Crippen LogP contribution is 2.28. The van der Waals surface area contributed by atoms with Gasteiger partial charge in [-0.15, -0.1) is 0 Å². The van der Waals surface area contributed by atoms with E-state index < -0.39 is 0 Å². The third-order valence-corrected chi connectivity index (χ3v) is 3.75. The Labute approximate surface area is 123 Å². The summed E-state index contributed by atoms with van der Waals surface area (Å²) in [4.78, 5) is 8.12. The molecule has 1 aromatic heterocycles. The quantitative estimate of drug-likeness (QED) is 0.914. The van der Waals surface area contributed by atoms with Crippen LogP contribution in [-0.2, 0) is 6.42 Å². The highest BCUT2D eigenvalue weighted by atomic mass is 35.5. The lowest BCUT2D eigenvalue weighted by Crippen LogP contribution is -2.23. The molecule has 0 bridgehead atoms. The molecule has 1 atom stereocenters. The summed E-state index contributed by atoms with van der Waals surface area (Å²) in [5.41, 5.74) is 2.06. The molecule has 2 rings (SSSR count). The smallest absolute Gasteiger partial charge is 0.115 e. The largest absolute Gasteiger partial charge is 0.310 e. The third kappa shape index (κ3) is 3.66. The van der Waals surface area contributed by atoms with E-state index in [1.54, 1.807) is 6.07 Å². The first kappa shape index (κ1) is 14.3. The highest BCUT2D eigenvalue weighted by Gasteiger charge is 2.14. The normalized spacial score (nSPS) is 12.4. The fraction of sp³-hybridized carbons (Fsp3) is 0.286. The lowest BCUT2D eigenvalue weighted by Gasteiger charge is -2.18. The van der Waals surface area contributed by atoms with Crippen molar-refractivity contribution in [1.82, 2.24) is 15.3 Å². The molecule has 1 aromatic carbocycles. The minimum Gasteiger partial charge on any atom is -0.310 e. The zero-order valence-corrected chi connectivity index (χ0v) is 12.1. The summed E-state index contributed by atoms with van der Waals surface area (Å²) in [5.74, 6) is 0. The molecule has 19 heavy (non-hydrogen) atoms. The number of aromatic nitrogens is 2. The Balaban J connectivity index is 2.24. The van der Waals surface area contributed by atoms with Gasteiger partial charge in [0.1, 0.15) is 6.33 Å². The summed E-state index contributed by atoms with van der Waals surface area (Å²) < 4.78 is 0. The first-order valence-electron chi connectivity index (χ1n) is 6.13. The molecule has 1 N–H and O–H groups in total. The van der Waals surface area contributed by atoms with Crippen LogP contribution in [-0.4, -0.2) is 16.5 Å². The van der Waals surface area contributed by atoms with Gasteiger partial charge in [-0.05, 0) is 24.6 Å². The lowest BCUT2D eigenvalue weighted by atomic mass is 10.0. The molecule has 5 heteroatoms. The summed E-state index contributed by atoms with van der Waals surface area (Å²) in [6.45, 7) is 2.92. The van der Waals surface area contributed by atoms with E-state index in [1.807, 2.05) is 24.5 Å². The Morgan fingerprint density at radius 1 is 1.21 bits per heavy atom. The van der Waals surface area contributed by atoms with Crippen molar-refractivity contribution < 1.29 is 0 Å². The van der Waals surface area contributed by atoms with Crippen molar-refractivity contribution in [2.75, 3.05) is 6.54 Å². The molecule has 0 aliphatic rings. The average Bonchev–Trinajstić information content (AvgIpc) is 2.44. The fourth-order valence-corrected chi connectivity index (χ4v) is 2.37. The Morgan fingerprint density at radius 2 is 1.95 bits per heavy atom. The fourth-order valence-electron chi connectivity index (χ4n) is 1.97. The van der Waals surface area contributed by atoms with Gasteiger partial charge in [-0.2, -0.15) is 0 Å². The summed E-state index contributed by atoms with van der Waals surface area (Å²) in [7, 11) is 0. The van der Waals surface area contributed by atoms with E-state index in [0.29, 0.717) is 10.0 Å². The number of benzene rings is 1. The number of likely N-dealkylation sites (N-methyl/N-ethyl adjacent to an activating group) is 1. The van der Waals surface area contributed by atoms with Gasteiger partial charge >= 0.3 is 0 Å². The maximum atomic E-state index is 6.23. The third-order valence-electron chi connectivity index (χ3n) is 2.89. The SMILES string of the molecule is CCNC(Cc1cccc(Cl)c1Cl)c1cncnc1. The molecule has 0 amide bonds. The lowest BCUT2D eigenvalue weighted by molar-refractivity contribution is 0.546. The second-order valence-corrected chi connectivity index (χ2v) is 4.98. The highest BCUT2D eigenvalue weighted by molar-refractivity contribution is 6.42. The van der Waals surface area contributed by atoms with Gasteiger partial charge in [0, 0.05) is 24.0 Å². The van der Waals surface area contributed by atoms with E-state index >= 15 is 0 Å². The second kappa shape index (κ2) is 6.85. The first-order valence-corrected chi connectivity index (χ1v) is 6.89. The predicted octanol–water partition coefficient (Wildman–Crippen LogP) is 3.68. The van der Waals surface area contributed by atoms with Gasteiger partial charge in [0.15, 0.2) is 0 Å². The zero-order valence-electron chi connectivity index (χ0n) is 10.6. The van der Waals surface area contributed by atoms with Crippen LogP contribution in [0.5, 0.6) is 0 Å². The van der Waals surface area contributed by atoms with Crippen LogP contribution >= 0.6 is 23.2 Å². The Hall–Kier alpha value is -1.16. The molecule has 0 saturated carbocycles. The van der Waals surface area contributed by atoms with Gasteiger partial charge in [-0.25, -0.2) is 9.97 Å². The number of rotatable bonds is 5. The summed E-state index contributed by atoms with van der Waals surface area (Å²) in [5, 5.41) is 4.61. The summed E-state index contributed by atoms with van der Waals surface area (Å²) in [6.07, 6.45) is 5.91. The molecule has 1 heterocycles. The van der Waals surface area contributed by atoms with Crippen molar-refractivity contribution in [1.29, 1.82) is 0 Å². The van der Waals surface area contributed by atoms with Crippen molar-refractivity contribution in [3.63, 3.8) is 0 Å². The van der Waals surface area contributed by atoms with E-state index in [4.69, 9.17) is 23.2 Å². The second-order valence-electron chi connectivity index (χ2n) is 4.20. The van der Waals surface area contributed by atoms with Crippen LogP contribution in [0.3, 0.4) is 0 Å². The van der Waals surface area contributed by atoms with E-state index in [0.717, 1.165) is 24.1 Å². The van der Waals surface area contributed by atoms with E-state index in [9.17, 15) is 0 Å². The standard InChI is InChI=1S/C14H15Cl2N3/c1-2-19-13(11-7-17-9-18-8-11)6-10-4-3-5-12(15)14(10)16/h3-5,7-9,13,19H,2,6H2,1H3. The molecule has 1 unspecified atom stereocenters. The van der Waals surface area contributed by atoms with Crippen molar-refractivity contribution >= 4 is 23.2 Å². The van der Waals surface area contributed by atoms with Gasteiger partial charge in [0.05, 0.1) is 10.0 Å². The van der Waals surface area contributed by atoms with E-state index in [2.05, 4.69) is 22.2 Å². The summed E-state index contributed by atoms with van der Waals surface area (Å²) in [6, 6.07) is 5.82. The van der Waals surface area contributed by atoms with Crippen LogP contribution < -0.4 is 5.32 Å². The van der Waals surface area contributed by atoms with Gasteiger partial charge < -0.3 is 5.32 Å². The average molecular weight is 296 g/mol. The van der Waals surface area contributed by atoms with Crippen LogP contribution in [0, 0.1) is 0 Å². The minimum absolute atomic E-state index is 0.127. The number of hydrogen-bond acceptors (Lipinski definition) is 3. The number of hydrogen-bond donors (Lipinski definition) is 1. The van der Waals surface area contributed by atoms with Crippen molar-refractivity contribution in [3.8, 4) is 0 Å². The predicted molar refractivity (Wildman–Crippen MR) is 78.6 cm³/mol. The summed E-state index contributed by atoms with van der Waals surface area (Å²) >= 11 is 12.3. The van der Waals surface area contributed by atoms with Crippen molar-refractivity contribution in [3.05, 3.63) is 58.1 Å². The van der Waals surface area contributed by atoms with Crippen LogP contribution in [0.2, 0.25) is 10.0 Å². The zero-order chi connectivity index (χ0) is 13.7. The molecular weight excluding hydrogens is 281 g/mol. The van der Waals surface area contributed by atoms with Gasteiger partial charge in [-0.3, -0.25) is 0 Å². The molecule has 0 spiro atoms. The first-order chi connectivity index (χ1) is 9.22. The maximum absolute atomic E-state index is 6.23. The van der Waals surface area contributed by atoms with Crippen LogP contribution in [0.15, 0.2) is 36.9 Å². The number of halogens is 2. The Morgan fingerprint density at radius 3 is 2.63 bits per heavy atom. The molecule has 0 aliphatic carbocycles. The number of nitrogens with zero attached hydrogens (tertiary/aromatic N) is 2. The minimum atomic E-state index is 0.127. The molecule has 0 aliphatic heterocycles.